The second kappa shape index (κ2) is 6.73. The van der Waals surface area contributed by atoms with Crippen LogP contribution in [-0.2, 0) is 20.0 Å². The highest BCUT2D eigenvalue weighted by atomic mass is 79.9. The van der Waals surface area contributed by atoms with E-state index in [1.54, 1.807) is 6.20 Å². The van der Waals surface area contributed by atoms with E-state index < -0.39 is 0 Å². The van der Waals surface area contributed by atoms with Crippen LogP contribution in [0.1, 0.15) is 11.4 Å². The van der Waals surface area contributed by atoms with Crippen LogP contribution in [0.25, 0.3) is 0 Å². The number of nitrogens with zero attached hydrogens (tertiary/aromatic N) is 2. The van der Waals surface area contributed by atoms with Gasteiger partial charge >= 0.3 is 0 Å². The van der Waals surface area contributed by atoms with Gasteiger partial charge in [0.25, 0.3) is 0 Å². The van der Waals surface area contributed by atoms with Crippen LogP contribution in [0.5, 0.6) is 5.75 Å². The van der Waals surface area contributed by atoms with Gasteiger partial charge in [-0.2, -0.15) is 0 Å². The van der Waals surface area contributed by atoms with Gasteiger partial charge in [-0.05, 0) is 25.2 Å². The zero-order chi connectivity index (χ0) is 13.7. The Kier molecular flexibility index (Phi) is 4.99. The minimum atomic E-state index is 0.628. The zero-order valence-corrected chi connectivity index (χ0v) is 12.8. The van der Waals surface area contributed by atoms with E-state index in [1.165, 1.54) is 0 Å². The molecule has 0 spiro atoms. The fraction of sp³-hybridized carbons (Fsp3) is 0.357. The molecule has 0 aliphatic heterocycles. The second-order valence-corrected chi connectivity index (χ2v) is 5.25. The monoisotopic (exact) mass is 323 g/mol. The lowest BCUT2D eigenvalue weighted by Crippen LogP contribution is -2.10. The van der Waals surface area contributed by atoms with E-state index in [1.807, 2.05) is 37.0 Å². The molecule has 1 aromatic heterocycles. The maximum atomic E-state index is 5.86. The summed E-state index contributed by atoms with van der Waals surface area (Å²) in [5, 5.41) is 3.15. The predicted octanol–water partition coefficient (Wildman–Crippen LogP) is 2.52. The first-order valence-corrected chi connectivity index (χ1v) is 7.02. The molecule has 0 saturated heterocycles. The fourth-order valence-corrected chi connectivity index (χ4v) is 2.32. The largest absolute Gasteiger partial charge is 0.493 e. The fourth-order valence-electron chi connectivity index (χ4n) is 1.91. The van der Waals surface area contributed by atoms with Crippen molar-refractivity contribution in [3.8, 4) is 5.75 Å². The molecule has 0 aliphatic carbocycles. The summed E-state index contributed by atoms with van der Waals surface area (Å²) in [4.78, 5) is 4.28. The smallest absolute Gasteiger partial charge is 0.123 e. The van der Waals surface area contributed by atoms with Crippen molar-refractivity contribution < 1.29 is 4.74 Å². The highest BCUT2D eigenvalue weighted by molar-refractivity contribution is 9.10. The van der Waals surface area contributed by atoms with Crippen molar-refractivity contribution in [3.63, 3.8) is 0 Å². The van der Waals surface area contributed by atoms with Crippen molar-refractivity contribution in [2.75, 3.05) is 13.7 Å². The van der Waals surface area contributed by atoms with Gasteiger partial charge < -0.3 is 14.6 Å². The molecule has 0 unspecified atom stereocenters. The summed E-state index contributed by atoms with van der Waals surface area (Å²) in [5.74, 6) is 1.96. The summed E-state index contributed by atoms with van der Waals surface area (Å²) in [5.41, 5.74) is 1.15. The summed E-state index contributed by atoms with van der Waals surface area (Å²) in [6.07, 6.45) is 4.56. The van der Waals surface area contributed by atoms with Crippen molar-refractivity contribution in [2.45, 2.75) is 13.0 Å². The van der Waals surface area contributed by atoms with E-state index in [9.17, 15) is 0 Å². The minimum Gasteiger partial charge on any atom is -0.493 e. The Labute approximate surface area is 121 Å². The zero-order valence-electron chi connectivity index (χ0n) is 11.2. The molecule has 1 heterocycles. The van der Waals surface area contributed by atoms with Crippen LogP contribution >= 0.6 is 15.9 Å². The summed E-state index contributed by atoms with van der Waals surface area (Å²) in [6, 6.07) is 6.07. The van der Waals surface area contributed by atoms with E-state index in [0.717, 1.165) is 34.6 Å². The Morgan fingerprint density at radius 3 is 2.95 bits per heavy atom. The van der Waals surface area contributed by atoms with Crippen molar-refractivity contribution in [2.24, 2.45) is 7.05 Å². The standard InChI is InChI=1S/C14H18BrN3O/c1-16-10-11-9-12(15)3-4-13(11)19-8-5-14-17-6-7-18(14)2/h3-4,6-7,9,16H,5,8,10H2,1-2H3. The molecule has 0 amide bonds. The topological polar surface area (TPSA) is 39.1 Å². The molecule has 5 heteroatoms. The lowest BCUT2D eigenvalue weighted by molar-refractivity contribution is 0.313. The van der Waals surface area contributed by atoms with Crippen LogP contribution in [0.15, 0.2) is 35.1 Å². The van der Waals surface area contributed by atoms with E-state index in [4.69, 9.17) is 4.74 Å². The molecular formula is C14H18BrN3O. The van der Waals surface area contributed by atoms with Crippen molar-refractivity contribution in [3.05, 3.63) is 46.5 Å². The van der Waals surface area contributed by atoms with Crippen LogP contribution in [-0.4, -0.2) is 23.2 Å². The molecule has 0 bridgehead atoms. The van der Waals surface area contributed by atoms with Gasteiger partial charge in [0.2, 0.25) is 0 Å². The number of aryl methyl sites for hydroxylation is 1. The average Bonchev–Trinajstić information content (AvgIpc) is 2.78. The molecular weight excluding hydrogens is 306 g/mol. The second-order valence-electron chi connectivity index (χ2n) is 4.34. The maximum absolute atomic E-state index is 5.86. The van der Waals surface area contributed by atoms with Crippen LogP contribution in [0.3, 0.4) is 0 Å². The third-order valence-electron chi connectivity index (χ3n) is 2.89. The van der Waals surface area contributed by atoms with Gasteiger partial charge in [0.15, 0.2) is 0 Å². The van der Waals surface area contributed by atoms with Gasteiger partial charge in [-0.15, -0.1) is 0 Å². The Morgan fingerprint density at radius 1 is 1.42 bits per heavy atom. The first kappa shape index (κ1) is 14.1. The van der Waals surface area contributed by atoms with Gasteiger partial charge in [-0.1, -0.05) is 15.9 Å². The van der Waals surface area contributed by atoms with E-state index in [2.05, 4.69) is 32.3 Å². The van der Waals surface area contributed by atoms with Crippen LogP contribution < -0.4 is 10.1 Å². The van der Waals surface area contributed by atoms with Crippen molar-refractivity contribution in [1.82, 2.24) is 14.9 Å². The molecule has 102 valence electrons. The number of aromatic nitrogens is 2. The third-order valence-corrected chi connectivity index (χ3v) is 3.39. The minimum absolute atomic E-state index is 0.628. The highest BCUT2D eigenvalue weighted by Crippen LogP contribution is 2.23. The molecule has 0 aliphatic rings. The normalized spacial score (nSPS) is 10.7. The number of nitrogens with one attached hydrogen (secondary N) is 1. The van der Waals surface area contributed by atoms with E-state index in [0.29, 0.717) is 6.61 Å². The number of ether oxygens (including phenoxy) is 1. The first-order valence-electron chi connectivity index (χ1n) is 6.22. The summed E-state index contributed by atoms with van der Waals surface area (Å²) >= 11 is 3.48. The quantitative estimate of drug-likeness (QED) is 0.887. The van der Waals surface area contributed by atoms with Crippen LogP contribution in [0.2, 0.25) is 0 Å². The molecule has 0 radical (unpaired) electrons. The van der Waals surface area contributed by atoms with E-state index >= 15 is 0 Å². The third kappa shape index (κ3) is 3.81. The van der Waals surface area contributed by atoms with Gasteiger partial charge in [0.05, 0.1) is 6.61 Å². The van der Waals surface area contributed by atoms with Crippen LogP contribution in [0, 0.1) is 0 Å². The molecule has 1 N–H and O–H groups in total. The molecule has 1 aromatic carbocycles. The number of rotatable bonds is 6. The maximum Gasteiger partial charge on any atom is 0.123 e. The Balaban J connectivity index is 1.97. The summed E-state index contributed by atoms with van der Waals surface area (Å²) in [6.45, 7) is 1.42. The number of halogens is 1. The molecule has 0 atom stereocenters. The SMILES string of the molecule is CNCc1cc(Br)ccc1OCCc1nccn1C. The predicted molar refractivity (Wildman–Crippen MR) is 79.3 cm³/mol. The molecule has 19 heavy (non-hydrogen) atoms. The van der Waals surface area contributed by atoms with Gasteiger partial charge in [0.1, 0.15) is 11.6 Å². The van der Waals surface area contributed by atoms with E-state index in [-0.39, 0.29) is 0 Å². The number of benzene rings is 1. The van der Waals surface area contributed by atoms with Gasteiger partial charge in [-0.3, -0.25) is 0 Å². The Bertz CT molecular complexity index is 539. The number of hydrogen-bond acceptors (Lipinski definition) is 3. The first-order chi connectivity index (χ1) is 9.20. The van der Waals surface area contributed by atoms with Gasteiger partial charge in [-0.25, -0.2) is 4.98 Å². The Morgan fingerprint density at radius 2 is 2.26 bits per heavy atom. The van der Waals surface area contributed by atoms with Crippen molar-refractivity contribution >= 4 is 15.9 Å². The Hall–Kier alpha value is -1.33. The van der Waals surface area contributed by atoms with Gasteiger partial charge in [0, 0.05) is 42.4 Å². The molecule has 2 rings (SSSR count). The molecule has 0 fully saturated rings. The summed E-state index contributed by atoms with van der Waals surface area (Å²) < 4.78 is 8.94. The number of imidazole rings is 1. The molecule has 2 aromatic rings. The molecule has 0 saturated carbocycles. The summed E-state index contributed by atoms with van der Waals surface area (Å²) in [7, 11) is 3.92. The highest BCUT2D eigenvalue weighted by Gasteiger charge is 2.05. The lowest BCUT2D eigenvalue weighted by atomic mass is 10.2. The lowest BCUT2D eigenvalue weighted by Gasteiger charge is -2.11. The average molecular weight is 324 g/mol. The molecule has 4 nitrogen and oxygen atoms in total. The van der Waals surface area contributed by atoms with Crippen molar-refractivity contribution in [1.29, 1.82) is 0 Å². The van der Waals surface area contributed by atoms with Crippen LogP contribution in [0.4, 0.5) is 0 Å². The number of hydrogen-bond donors (Lipinski definition) is 1.